The highest BCUT2D eigenvalue weighted by Gasteiger charge is 2.24. The predicted octanol–water partition coefficient (Wildman–Crippen LogP) is 5.37. The van der Waals surface area contributed by atoms with Crippen molar-refractivity contribution in [3.8, 4) is 22.6 Å². The van der Waals surface area contributed by atoms with Gasteiger partial charge in [-0.1, -0.05) is 64.1 Å². The Hall–Kier alpha value is -1.52. The Morgan fingerprint density at radius 2 is 1.60 bits per heavy atom. The number of oxazole rings is 1. The minimum atomic E-state index is 0.622. The molecule has 0 spiro atoms. The Morgan fingerprint density at radius 3 is 2.35 bits per heavy atom. The lowest BCUT2D eigenvalue weighted by Gasteiger charge is -2.04. The molecule has 0 N–H and O–H groups in total. The summed E-state index contributed by atoms with van der Waals surface area (Å²) in [5.41, 5.74) is 3.19. The van der Waals surface area contributed by atoms with Crippen LogP contribution in [0.3, 0.4) is 0 Å². The fourth-order valence-electron chi connectivity index (χ4n) is 2.40. The number of fused-ring (bicyclic) bond motifs is 5. The van der Waals surface area contributed by atoms with Crippen LogP contribution in [0.5, 0.6) is 0 Å². The van der Waals surface area contributed by atoms with Gasteiger partial charge in [0.1, 0.15) is 5.69 Å². The number of hydrogen-bond donors (Lipinski definition) is 0. The molecule has 98 valence electrons. The van der Waals surface area contributed by atoms with E-state index in [1.165, 1.54) is 9.79 Å². The molecule has 2 heterocycles. The van der Waals surface area contributed by atoms with Crippen molar-refractivity contribution in [3.05, 3.63) is 54.4 Å². The third kappa shape index (κ3) is 1.83. The molecule has 1 aliphatic rings. The highest BCUT2D eigenvalue weighted by Crippen LogP contribution is 2.47. The lowest BCUT2D eigenvalue weighted by molar-refractivity contribution is 0.530. The Balaban J connectivity index is 2.08. The second-order valence-corrected chi connectivity index (χ2v) is 6.16. The standard InChI is InChI=1S/C16H10BrNOS/c17-9-14-18-15-10-5-1-3-7-12(10)20-13-8-4-2-6-11(13)16(15)19-14/h1-8H,9H2. The third-order valence-electron chi connectivity index (χ3n) is 3.28. The molecule has 20 heavy (non-hydrogen) atoms. The lowest BCUT2D eigenvalue weighted by Crippen LogP contribution is -1.82. The first-order valence-corrected chi connectivity index (χ1v) is 8.23. The highest BCUT2D eigenvalue weighted by molar-refractivity contribution is 9.08. The van der Waals surface area contributed by atoms with E-state index < -0.39 is 0 Å². The fourth-order valence-corrected chi connectivity index (χ4v) is 3.71. The van der Waals surface area contributed by atoms with Crippen molar-refractivity contribution in [1.29, 1.82) is 0 Å². The first-order valence-electron chi connectivity index (χ1n) is 6.29. The van der Waals surface area contributed by atoms with Crippen LogP contribution in [-0.4, -0.2) is 4.98 Å². The van der Waals surface area contributed by atoms with Crippen molar-refractivity contribution < 1.29 is 4.42 Å². The van der Waals surface area contributed by atoms with E-state index in [0.717, 1.165) is 22.6 Å². The molecule has 2 aromatic carbocycles. The van der Waals surface area contributed by atoms with Crippen LogP contribution >= 0.6 is 27.7 Å². The van der Waals surface area contributed by atoms with Crippen LogP contribution in [0.25, 0.3) is 22.6 Å². The summed E-state index contributed by atoms with van der Waals surface area (Å²) in [7, 11) is 0. The number of rotatable bonds is 1. The summed E-state index contributed by atoms with van der Waals surface area (Å²) < 4.78 is 5.95. The average molecular weight is 344 g/mol. The van der Waals surface area contributed by atoms with Gasteiger partial charge < -0.3 is 4.42 Å². The summed E-state index contributed by atoms with van der Waals surface area (Å²) in [5.74, 6) is 1.58. The molecule has 0 aliphatic carbocycles. The van der Waals surface area contributed by atoms with Gasteiger partial charge in [0.05, 0.1) is 5.33 Å². The van der Waals surface area contributed by atoms with E-state index in [4.69, 9.17) is 4.42 Å². The van der Waals surface area contributed by atoms with Crippen LogP contribution in [0, 0.1) is 0 Å². The molecule has 0 radical (unpaired) electrons. The molecule has 4 heteroatoms. The SMILES string of the molecule is BrCc1nc2c(o1)-c1ccccc1Sc1ccccc1-2. The molecule has 0 unspecified atom stereocenters. The van der Waals surface area contributed by atoms with E-state index in [1.807, 2.05) is 12.1 Å². The molecule has 0 amide bonds. The van der Waals surface area contributed by atoms with Crippen molar-refractivity contribution in [2.45, 2.75) is 15.1 Å². The Labute approximate surface area is 129 Å². The second kappa shape index (κ2) is 4.79. The molecule has 0 saturated heterocycles. The summed E-state index contributed by atoms with van der Waals surface area (Å²) in [5, 5.41) is 0.622. The van der Waals surface area contributed by atoms with Gasteiger partial charge >= 0.3 is 0 Å². The smallest absolute Gasteiger partial charge is 0.206 e. The molecule has 0 atom stereocenters. The number of hydrogen-bond acceptors (Lipinski definition) is 3. The molecule has 0 saturated carbocycles. The van der Waals surface area contributed by atoms with Crippen molar-refractivity contribution in [3.63, 3.8) is 0 Å². The van der Waals surface area contributed by atoms with Crippen LogP contribution in [0.4, 0.5) is 0 Å². The van der Waals surface area contributed by atoms with Gasteiger partial charge in [0.2, 0.25) is 5.89 Å². The van der Waals surface area contributed by atoms with Crippen LogP contribution in [0.2, 0.25) is 0 Å². The van der Waals surface area contributed by atoms with Gasteiger partial charge in [-0.05, 0) is 12.1 Å². The molecule has 2 nitrogen and oxygen atoms in total. The van der Waals surface area contributed by atoms with Gasteiger partial charge in [-0.15, -0.1) is 0 Å². The first-order chi connectivity index (χ1) is 9.86. The Kier molecular flexibility index (Phi) is 2.93. The molecule has 0 fully saturated rings. The maximum atomic E-state index is 5.95. The van der Waals surface area contributed by atoms with Gasteiger partial charge in [0.25, 0.3) is 0 Å². The third-order valence-corrected chi connectivity index (χ3v) is 4.91. The van der Waals surface area contributed by atoms with E-state index in [-0.39, 0.29) is 0 Å². The zero-order valence-corrected chi connectivity index (χ0v) is 12.9. The number of halogens is 1. The normalized spacial score (nSPS) is 12.2. The minimum Gasteiger partial charge on any atom is -0.439 e. The van der Waals surface area contributed by atoms with Crippen molar-refractivity contribution in [1.82, 2.24) is 4.98 Å². The highest BCUT2D eigenvalue weighted by atomic mass is 79.9. The Bertz CT molecular complexity index is 734. The van der Waals surface area contributed by atoms with E-state index in [9.17, 15) is 0 Å². The number of benzene rings is 2. The molecule has 1 aliphatic heterocycles. The van der Waals surface area contributed by atoms with Gasteiger partial charge in [-0.25, -0.2) is 4.98 Å². The number of nitrogens with zero attached hydrogens (tertiary/aromatic N) is 1. The minimum absolute atomic E-state index is 0.622. The molecular weight excluding hydrogens is 334 g/mol. The van der Waals surface area contributed by atoms with Crippen molar-refractivity contribution in [2.24, 2.45) is 0 Å². The van der Waals surface area contributed by atoms with Crippen LogP contribution in [0.15, 0.2) is 62.7 Å². The summed E-state index contributed by atoms with van der Waals surface area (Å²) in [6, 6.07) is 16.7. The van der Waals surface area contributed by atoms with E-state index >= 15 is 0 Å². The number of aromatic nitrogens is 1. The first kappa shape index (κ1) is 12.2. The predicted molar refractivity (Wildman–Crippen MR) is 84.1 cm³/mol. The maximum Gasteiger partial charge on any atom is 0.206 e. The van der Waals surface area contributed by atoms with Gasteiger partial charge in [-0.3, -0.25) is 0 Å². The van der Waals surface area contributed by atoms with Gasteiger partial charge in [0, 0.05) is 20.9 Å². The van der Waals surface area contributed by atoms with Gasteiger partial charge in [0.15, 0.2) is 5.76 Å². The van der Waals surface area contributed by atoms with Crippen molar-refractivity contribution in [2.75, 3.05) is 0 Å². The monoisotopic (exact) mass is 343 g/mol. The molecule has 4 rings (SSSR count). The zero-order valence-electron chi connectivity index (χ0n) is 10.5. The average Bonchev–Trinajstić information content (AvgIpc) is 2.87. The molecular formula is C16H10BrNOS. The van der Waals surface area contributed by atoms with Crippen LogP contribution in [0.1, 0.15) is 5.89 Å². The molecule has 0 bridgehead atoms. The lowest BCUT2D eigenvalue weighted by atomic mass is 10.1. The summed E-state index contributed by atoms with van der Waals surface area (Å²) in [6.45, 7) is 0. The quantitative estimate of drug-likeness (QED) is 0.434. The summed E-state index contributed by atoms with van der Waals surface area (Å²) >= 11 is 5.19. The zero-order chi connectivity index (χ0) is 13.5. The van der Waals surface area contributed by atoms with Crippen molar-refractivity contribution >= 4 is 27.7 Å². The van der Waals surface area contributed by atoms with Gasteiger partial charge in [-0.2, -0.15) is 0 Å². The largest absolute Gasteiger partial charge is 0.439 e. The maximum absolute atomic E-state index is 5.95. The fraction of sp³-hybridized carbons (Fsp3) is 0.0625. The number of alkyl halides is 1. The topological polar surface area (TPSA) is 26.0 Å². The summed E-state index contributed by atoms with van der Waals surface area (Å²) in [6.07, 6.45) is 0. The Morgan fingerprint density at radius 1 is 0.950 bits per heavy atom. The van der Waals surface area contributed by atoms with E-state index in [2.05, 4.69) is 57.3 Å². The molecule has 3 aromatic rings. The molecule has 1 aromatic heterocycles. The van der Waals surface area contributed by atoms with E-state index in [0.29, 0.717) is 11.2 Å². The summed E-state index contributed by atoms with van der Waals surface area (Å²) in [4.78, 5) is 7.06. The van der Waals surface area contributed by atoms with Crippen LogP contribution < -0.4 is 0 Å². The second-order valence-electron chi connectivity index (χ2n) is 4.51. The van der Waals surface area contributed by atoms with E-state index in [1.54, 1.807) is 11.8 Å². The van der Waals surface area contributed by atoms with Crippen LogP contribution in [-0.2, 0) is 5.33 Å².